The maximum absolute atomic E-state index is 5.90. The van der Waals surface area contributed by atoms with E-state index in [1.165, 1.54) is 0 Å². The van der Waals surface area contributed by atoms with Gasteiger partial charge in [0.2, 0.25) is 11.7 Å². The van der Waals surface area contributed by atoms with E-state index in [-0.39, 0.29) is 0 Å². The molecule has 0 N–H and O–H groups in total. The van der Waals surface area contributed by atoms with E-state index in [1.54, 1.807) is 23.1 Å². The number of rotatable bonds is 6. The molecule has 0 spiro atoms. The van der Waals surface area contributed by atoms with Gasteiger partial charge in [-0.2, -0.15) is 16.3 Å². The second-order valence-corrected chi connectivity index (χ2v) is 7.40. The van der Waals surface area contributed by atoms with Crippen molar-refractivity contribution in [3.63, 3.8) is 0 Å². The molecule has 0 aliphatic carbocycles. The molecule has 3 heterocycles. The highest BCUT2D eigenvalue weighted by Crippen LogP contribution is 2.25. The molecule has 1 aromatic carbocycles. The lowest BCUT2D eigenvalue weighted by Crippen LogP contribution is -1.82. The summed E-state index contributed by atoms with van der Waals surface area (Å²) in [5, 5.41) is 12.8. The Kier molecular flexibility index (Phi) is 4.87. The fraction of sp³-hybridized carbons (Fsp3) is 0.118. The predicted octanol–water partition coefficient (Wildman–Crippen LogP) is 5.54. The summed E-state index contributed by atoms with van der Waals surface area (Å²) in [6.45, 7) is 0. The molecule has 0 fully saturated rings. The van der Waals surface area contributed by atoms with Gasteiger partial charge in [-0.3, -0.25) is 0 Å². The summed E-state index contributed by atoms with van der Waals surface area (Å²) >= 11 is 9.14. The van der Waals surface area contributed by atoms with Crippen LogP contribution in [-0.4, -0.2) is 15.3 Å². The van der Waals surface area contributed by atoms with Crippen LogP contribution in [0.4, 0.5) is 0 Å². The molecule has 0 unspecified atom stereocenters. The summed E-state index contributed by atoms with van der Waals surface area (Å²) in [6, 6.07) is 11.4. The van der Waals surface area contributed by atoms with Gasteiger partial charge in [-0.25, -0.2) is 0 Å². The van der Waals surface area contributed by atoms with Crippen LogP contribution >= 0.6 is 34.7 Å². The second-order valence-electron chi connectivity index (χ2n) is 5.20. The zero-order valence-electron chi connectivity index (χ0n) is 12.9. The minimum atomic E-state index is 0.601. The molecule has 0 aliphatic heterocycles. The summed E-state index contributed by atoms with van der Waals surface area (Å²) in [5.41, 5.74) is 2.75. The van der Waals surface area contributed by atoms with Gasteiger partial charge in [0.25, 0.3) is 0 Å². The van der Waals surface area contributed by atoms with Crippen LogP contribution in [-0.2, 0) is 11.5 Å². The third-order valence-electron chi connectivity index (χ3n) is 3.42. The zero-order valence-corrected chi connectivity index (χ0v) is 15.3. The van der Waals surface area contributed by atoms with Crippen LogP contribution < -0.4 is 0 Å². The van der Waals surface area contributed by atoms with E-state index in [0.717, 1.165) is 22.6 Å². The van der Waals surface area contributed by atoms with Gasteiger partial charge in [0.1, 0.15) is 11.5 Å². The topological polar surface area (TPSA) is 65.0 Å². The average Bonchev–Trinajstić information content (AvgIpc) is 3.37. The van der Waals surface area contributed by atoms with E-state index in [2.05, 4.69) is 15.3 Å². The monoisotopic (exact) mass is 389 g/mol. The number of thiophene rings is 1. The number of hydrogen-bond donors (Lipinski definition) is 0. The molecule has 0 amide bonds. The lowest BCUT2D eigenvalue weighted by Gasteiger charge is -1.94. The summed E-state index contributed by atoms with van der Waals surface area (Å²) in [7, 11) is 0. The zero-order chi connectivity index (χ0) is 17.1. The van der Waals surface area contributed by atoms with Gasteiger partial charge in [-0.15, -0.1) is 11.8 Å². The fourth-order valence-corrected chi connectivity index (χ4v) is 3.69. The standard InChI is InChI=1S/C17H12ClN3O2S2/c18-13-3-1-11(2-4-13)15-7-14(22-20-15)9-25-10-16-19-17(21-23-16)12-5-6-24-8-12/h1-8H,9-10H2. The van der Waals surface area contributed by atoms with Gasteiger partial charge < -0.3 is 9.05 Å². The number of thioether (sulfide) groups is 1. The van der Waals surface area contributed by atoms with Crippen molar-refractivity contribution in [3.8, 4) is 22.6 Å². The Bertz CT molecular complexity index is 949. The maximum atomic E-state index is 5.90. The van der Waals surface area contributed by atoms with E-state index in [1.807, 2.05) is 47.2 Å². The Hall–Kier alpha value is -2.09. The first kappa shape index (κ1) is 16.4. The largest absolute Gasteiger partial charge is 0.360 e. The van der Waals surface area contributed by atoms with Crippen LogP contribution in [0.1, 0.15) is 11.7 Å². The SMILES string of the molecule is Clc1ccc(-c2cc(CSCc3nc(-c4ccsc4)no3)on2)cc1. The van der Waals surface area contributed by atoms with E-state index < -0.39 is 0 Å². The molecule has 0 atom stereocenters. The van der Waals surface area contributed by atoms with E-state index in [9.17, 15) is 0 Å². The Labute approximate surface area is 157 Å². The molecule has 3 aromatic heterocycles. The Morgan fingerprint density at radius 3 is 2.68 bits per heavy atom. The third kappa shape index (κ3) is 3.95. The van der Waals surface area contributed by atoms with Crippen LogP contribution in [0.15, 0.2) is 56.2 Å². The summed E-state index contributed by atoms with van der Waals surface area (Å²) < 4.78 is 10.7. The lowest BCUT2D eigenvalue weighted by molar-refractivity contribution is 0.390. The first-order chi connectivity index (χ1) is 12.3. The molecule has 25 heavy (non-hydrogen) atoms. The average molecular weight is 390 g/mol. The Morgan fingerprint density at radius 2 is 1.88 bits per heavy atom. The maximum Gasteiger partial charge on any atom is 0.236 e. The van der Waals surface area contributed by atoms with Crippen molar-refractivity contribution < 1.29 is 9.05 Å². The normalized spacial score (nSPS) is 11.1. The summed E-state index contributed by atoms with van der Waals surface area (Å²) in [4.78, 5) is 4.39. The van der Waals surface area contributed by atoms with Crippen LogP contribution in [0.3, 0.4) is 0 Å². The van der Waals surface area contributed by atoms with Gasteiger partial charge in [0.05, 0.1) is 11.5 Å². The van der Waals surface area contributed by atoms with Crippen molar-refractivity contribution in [2.75, 3.05) is 0 Å². The lowest BCUT2D eigenvalue weighted by atomic mass is 10.1. The minimum absolute atomic E-state index is 0.601. The van der Waals surface area contributed by atoms with Crippen molar-refractivity contribution in [3.05, 3.63) is 63.8 Å². The highest BCUT2D eigenvalue weighted by Gasteiger charge is 2.11. The molecule has 8 heteroatoms. The predicted molar refractivity (Wildman–Crippen MR) is 99.6 cm³/mol. The van der Waals surface area contributed by atoms with Crippen molar-refractivity contribution in [2.24, 2.45) is 0 Å². The number of hydrogen-bond acceptors (Lipinski definition) is 7. The summed E-state index contributed by atoms with van der Waals surface area (Å²) in [6.07, 6.45) is 0. The van der Waals surface area contributed by atoms with Crippen molar-refractivity contribution in [1.82, 2.24) is 15.3 Å². The van der Waals surface area contributed by atoms with Crippen molar-refractivity contribution in [1.29, 1.82) is 0 Å². The highest BCUT2D eigenvalue weighted by molar-refractivity contribution is 7.97. The van der Waals surface area contributed by atoms with Gasteiger partial charge in [0.15, 0.2) is 0 Å². The second kappa shape index (κ2) is 7.43. The minimum Gasteiger partial charge on any atom is -0.360 e. The molecular weight excluding hydrogens is 378 g/mol. The highest BCUT2D eigenvalue weighted by atomic mass is 35.5. The summed E-state index contributed by atoms with van der Waals surface area (Å²) in [5.74, 6) is 3.32. The number of benzene rings is 1. The van der Waals surface area contributed by atoms with E-state index >= 15 is 0 Å². The van der Waals surface area contributed by atoms with Gasteiger partial charge in [0, 0.05) is 27.6 Å². The van der Waals surface area contributed by atoms with Crippen LogP contribution in [0, 0.1) is 0 Å². The molecule has 5 nitrogen and oxygen atoms in total. The molecule has 0 saturated carbocycles. The fourth-order valence-electron chi connectivity index (χ4n) is 2.20. The van der Waals surface area contributed by atoms with Gasteiger partial charge >= 0.3 is 0 Å². The Morgan fingerprint density at radius 1 is 1.00 bits per heavy atom. The third-order valence-corrected chi connectivity index (χ3v) is 5.29. The van der Waals surface area contributed by atoms with Crippen molar-refractivity contribution >= 4 is 34.7 Å². The first-order valence-corrected chi connectivity index (χ1v) is 9.90. The van der Waals surface area contributed by atoms with Gasteiger partial charge in [-0.05, 0) is 23.6 Å². The van der Waals surface area contributed by atoms with Crippen molar-refractivity contribution in [2.45, 2.75) is 11.5 Å². The smallest absolute Gasteiger partial charge is 0.236 e. The first-order valence-electron chi connectivity index (χ1n) is 7.42. The molecule has 0 bridgehead atoms. The van der Waals surface area contributed by atoms with Crippen LogP contribution in [0.25, 0.3) is 22.6 Å². The van der Waals surface area contributed by atoms with E-state index in [0.29, 0.717) is 28.2 Å². The molecule has 0 saturated heterocycles. The molecule has 0 radical (unpaired) electrons. The number of halogens is 1. The molecule has 126 valence electrons. The quantitative estimate of drug-likeness (QED) is 0.431. The molecule has 4 aromatic rings. The van der Waals surface area contributed by atoms with Crippen LogP contribution in [0.5, 0.6) is 0 Å². The molecular formula is C17H12ClN3O2S2. The number of nitrogens with zero attached hydrogens (tertiary/aromatic N) is 3. The van der Waals surface area contributed by atoms with Crippen LogP contribution in [0.2, 0.25) is 5.02 Å². The Balaban J connectivity index is 1.34. The molecule has 4 rings (SSSR count). The molecule has 0 aliphatic rings. The van der Waals surface area contributed by atoms with E-state index in [4.69, 9.17) is 20.6 Å². The van der Waals surface area contributed by atoms with Gasteiger partial charge in [-0.1, -0.05) is 34.0 Å². The number of aromatic nitrogens is 3.